The average Bonchev–Trinajstić information content (AvgIpc) is 1.87. The van der Waals surface area contributed by atoms with Gasteiger partial charge >= 0.3 is 0 Å². The Hall–Kier alpha value is -0.336. The third kappa shape index (κ3) is 2.08. The lowest BCUT2D eigenvalue weighted by Gasteiger charge is -2.34. The van der Waals surface area contributed by atoms with Crippen LogP contribution in [-0.2, 0) is 0 Å². The van der Waals surface area contributed by atoms with Crippen molar-refractivity contribution in [3.8, 4) is 6.07 Å². The van der Waals surface area contributed by atoms with Crippen LogP contribution < -0.4 is 0 Å². The molecule has 0 atom stereocenters. The zero-order chi connectivity index (χ0) is 9.99. The molecule has 3 heteroatoms. The molecule has 0 fully saturated rings. The first kappa shape index (κ1) is 11.7. The van der Waals surface area contributed by atoms with Gasteiger partial charge in [0, 0.05) is 12.8 Å². The number of nitriles is 1. The van der Waals surface area contributed by atoms with Gasteiger partial charge < -0.3 is 0 Å². The Morgan fingerprint density at radius 2 is 1.58 bits per heavy atom. The van der Waals surface area contributed by atoms with E-state index in [1.807, 2.05) is 13.0 Å². The fraction of sp³-hybridized carbons (Fsp3) is 0.667. The van der Waals surface area contributed by atoms with E-state index in [1.54, 1.807) is 0 Å². The lowest BCUT2D eigenvalue weighted by molar-refractivity contribution is 1.49. The summed E-state index contributed by atoms with van der Waals surface area (Å²) in [4.78, 5) is 0. The Kier molecular flexibility index (Phi) is 3.49. The van der Waals surface area contributed by atoms with Crippen LogP contribution in [-0.4, -0.2) is 15.2 Å². The quantitative estimate of drug-likeness (QED) is 0.493. The molecule has 0 N–H and O–H groups in total. The van der Waals surface area contributed by atoms with Gasteiger partial charge in [-0.2, -0.15) is 5.26 Å². The lowest BCUT2D eigenvalue weighted by atomic mass is 10.6. The summed E-state index contributed by atoms with van der Waals surface area (Å²) in [5.41, 5.74) is 0. The first-order chi connectivity index (χ1) is 5.27. The van der Waals surface area contributed by atoms with Crippen molar-refractivity contribution in [3.05, 3.63) is 11.3 Å². The molecule has 0 amide bonds. The second-order valence-electron chi connectivity index (χ2n) is 4.69. The number of nitrogens with zero attached hydrogens (tertiary/aromatic N) is 1. The van der Waals surface area contributed by atoms with Crippen LogP contribution in [0.3, 0.4) is 0 Å². The number of rotatable bonds is 2. The van der Waals surface area contributed by atoms with E-state index in [2.05, 4.69) is 38.8 Å². The second-order valence-corrected chi connectivity index (χ2v) is 21.2. The highest BCUT2D eigenvalue weighted by atomic mass is 29.3. The van der Waals surface area contributed by atoms with Gasteiger partial charge in [0.2, 0.25) is 0 Å². The molecule has 0 aromatic carbocycles. The molecular weight excluding hydrogens is 178 g/mol. The Morgan fingerprint density at radius 1 is 1.17 bits per heavy atom. The summed E-state index contributed by atoms with van der Waals surface area (Å²) < 4.78 is 0. The monoisotopic (exact) mass is 197 g/mol. The van der Waals surface area contributed by atoms with E-state index in [9.17, 15) is 0 Å². The summed E-state index contributed by atoms with van der Waals surface area (Å²) >= 11 is 0. The smallest absolute Gasteiger partial charge is 0.0894 e. The molecule has 12 heavy (non-hydrogen) atoms. The Morgan fingerprint density at radius 3 is 1.67 bits per heavy atom. The van der Waals surface area contributed by atoms with Crippen LogP contribution in [0.25, 0.3) is 0 Å². The van der Waals surface area contributed by atoms with Gasteiger partial charge in [0.05, 0.1) is 13.7 Å². The topological polar surface area (TPSA) is 23.8 Å². The van der Waals surface area contributed by atoms with Crippen LogP contribution in [0.5, 0.6) is 0 Å². The maximum Gasteiger partial charge on any atom is 0.0894 e. The average molecular weight is 197 g/mol. The van der Waals surface area contributed by atoms with E-state index in [0.29, 0.717) is 0 Å². The molecule has 0 saturated heterocycles. The predicted octanol–water partition coefficient (Wildman–Crippen LogP) is 3.12. The van der Waals surface area contributed by atoms with Gasteiger partial charge in [-0.25, -0.2) is 0 Å². The predicted molar refractivity (Wildman–Crippen MR) is 60.2 cm³/mol. The molecule has 0 spiro atoms. The Bertz CT molecular complexity index is 228. The summed E-state index contributed by atoms with van der Waals surface area (Å²) in [5, 5.41) is 10.0. The molecule has 0 aliphatic carbocycles. The second kappa shape index (κ2) is 3.59. The molecule has 0 heterocycles. The highest BCUT2D eigenvalue weighted by Crippen LogP contribution is 2.25. The van der Waals surface area contributed by atoms with E-state index < -0.39 is 15.2 Å². The van der Waals surface area contributed by atoms with E-state index in [-0.39, 0.29) is 0 Å². The van der Waals surface area contributed by atoms with Crippen LogP contribution in [0, 0.1) is 11.3 Å². The van der Waals surface area contributed by atoms with Crippen molar-refractivity contribution in [2.24, 2.45) is 0 Å². The fourth-order valence-corrected chi connectivity index (χ4v) is 5.80. The van der Waals surface area contributed by atoms with Gasteiger partial charge in [0.15, 0.2) is 0 Å². The molecule has 68 valence electrons. The molecule has 1 nitrogen and oxygen atoms in total. The van der Waals surface area contributed by atoms with E-state index in [4.69, 9.17) is 5.26 Å². The standard InChI is InChI=1S/C9H19NSi2/c1-7-9(8-10)12(5,6)11(2,3)4/h7H,1-6H3. The van der Waals surface area contributed by atoms with E-state index in [0.717, 1.165) is 5.20 Å². The SMILES string of the molecule is CC=C(C#N)[Si](C)(C)[Si](C)(C)C. The molecule has 0 unspecified atom stereocenters. The number of hydrogen-bond acceptors (Lipinski definition) is 1. The van der Waals surface area contributed by atoms with E-state index in [1.165, 1.54) is 0 Å². The summed E-state index contributed by atoms with van der Waals surface area (Å²) in [6, 6.07) is 2.36. The molecule has 0 bridgehead atoms. The highest BCUT2D eigenvalue weighted by molar-refractivity contribution is 7.43. The maximum absolute atomic E-state index is 8.96. The molecule has 0 aliphatic rings. The molecular formula is C9H19NSi2. The minimum atomic E-state index is -1.40. The van der Waals surface area contributed by atoms with Gasteiger partial charge in [0.1, 0.15) is 0 Å². The Labute approximate surface area is 77.9 Å². The molecule has 0 aromatic heterocycles. The van der Waals surface area contributed by atoms with Crippen molar-refractivity contribution in [2.75, 3.05) is 0 Å². The van der Waals surface area contributed by atoms with Gasteiger partial charge in [-0.05, 0) is 6.92 Å². The first-order valence-electron chi connectivity index (χ1n) is 4.34. The normalized spacial score (nSPS) is 14.2. The van der Waals surface area contributed by atoms with Crippen molar-refractivity contribution in [2.45, 2.75) is 39.7 Å². The first-order valence-corrected chi connectivity index (χ1v) is 11.8. The van der Waals surface area contributed by atoms with Crippen LogP contribution >= 0.6 is 0 Å². The molecule has 0 aliphatic heterocycles. The van der Waals surface area contributed by atoms with Crippen LogP contribution in [0.15, 0.2) is 11.3 Å². The summed E-state index contributed by atoms with van der Waals surface area (Å²) in [6.07, 6.45) is 2.00. The van der Waals surface area contributed by atoms with E-state index >= 15 is 0 Å². The third-order valence-corrected chi connectivity index (χ3v) is 20.5. The highest BCUT2D eigenvalue weighted by Gasteiger charge is 2.39. The lowest BCUT2D eigenvalue weighted by Crippen LogP contribution is -2.53. The van der Waals surface area contributed by atoms with Gasteiger partial charge in [-0.15, -0.1) is 0 Å². The Balaban J connectivity index is 5.01. The number of allylic oxidation sites excluding steroid dienone is 2. The van der Waals surface area contributed by atoms with Crippen molar-refractivity contribution in [1.82, 2.24) is 0 Å². The zero-order valence-electron chi connectivity index (χ0n) is 9.02. The molecule has 0 aromatic rings. The van der Waals surface area contributed by atoms with Gasteiger partial charge in [-0.1, -0.05) is 38.8 Å². The van der Waals surface area contributed by atoms with Crippen LogP contribution in [0.2, 0.25) is 32.7 Å². The number of hydrogen-bond donors (Lipinski definition) is 0. The minimum Gasteiger partial charge on any atom is -0.193 e. The largest absolute Gasteiger partial charge is 0.193 e. The summed E-state index contributed by atoms with van der Waals surface area (Å²) in [6.45, 7) is 13.7. The van der Waals surface area contributed by atoms with Crippen molar-refractivity contribution in [1.29, 1.82) is 5.26 Å². The maximum atomic E-state index is 8.96. The minimum absolute atomic E-state index is 1.07. The molecule has 0 saturated carbocycles. The molecule has 0 radical (unpaired) electrons. The van der Waals surface area contributed by atoms with Crippen LogP contribution in [0.1, 0.15) is 6.92 Å². The fourth-order valence-electron chi connectivity index (χ4n) is 0.969. The summed E-state index contributed by atoms with van der Waals surface area (Å²) in [7, 11) is -2.54. The summed E-state index contributed by atoms with van der Waals surface area (Å²) in [5.74, 6) is 0. The molecule has 0 rings (SSSR count). The third-order valence-electron chi connectivity index (χ3n) is 2.96. The van der Waals surface area contributed by atoms with Gasteiger partial charge in [-0.3, -0.25) is 0 Å². The van der Waals surface area contributed by atoms with Crippen molar-refractivity contribution < 1.29 is 0 Å². The van der Waals surface area contributed by atoms with Crippen molar-refractivity contribution in [3.63, 3.8) is 0 Å². The van der Waals surface area contributed by atoms with Crippen LogP contribution in [0.4, 0.5) is 0 Å². The zero-order valence-corrected chi connectivity index (χ0v) is 11.0. The van der Waals surface area contributed by atoms with Crippen molar-refractivity contribution >= 4 is 15.2 Å². The van der Waals surface area contributed by atoms with Gasteiger partial charge in [0.25, 0.3) is 0 Å².